The van der Waals surface area contributed by atoms with Crippen molar-refractivity contribution >= 4 is 12.0 Å². The van der Waals surface area contributed by atoms with Gasteiger partial charge in [-0.1, -0.05) is 12.1 Å². The maximum atomic E-state index is 13.0. The van der Waals surface area contributed by atoms with Crippen LogP contribution in [-0.2, 0) is 14.9 Å². The second-order valence-corrected chi connectivity index (χ2v) is 4.72. The maximum absolute atomic E-state index is 13.0. The lowest BCUT2D eigenvalue weighted by Crippen LogP contribution is -2.54. The van der Waals surface area contributed by atoms with Gasteiger partial charge >= 0.3 is 6.09 Å². The quantitative estimate of drug-likeness (QED) is 0.844. The minimum Gasteiger partial charge on any atom is -0.413 e. The molecule has 5 heteroatoms. The lowest BCUT2D eigenvalue weighted by Gasteiger charge is -2.39. The Kier molecular flexibility index (Phi) is 2.62. The van der Waals surface area contributed by atoms with Crippen LogP contribution in [0.2, 0.25) is 0 Å². The Morgan fingerprint density at radius 1 is 1.21 bits per heavy atom. The number of fused-ring (bicyclic) bond motifs is 1. The van der Waals surface area contributed by atoms with Gasteiger partial charge in [0.1, 0.15) is 17.0 Å². The fraction of sp³-hybridized carbons (Fsp3) is 0.286. The fourth-order valence-corrected chi connectivity index (χ4v) is 2.73. The normalized spacial score (nSPS) is 26.1. The second kappa shape index (κ2) is 4.19. The second-order valence-electron chi connectivity index (χ2n) is 4.72. The SMILES string of the molecule is O=C1NC(=O)C2(c3ccc(F)cc3)CCCC=C2O1. The zero-order valence-electron chi connectivity index (χ0n) is 10.1. The topological polar surface area (TPSA) is 55.4 Å². The van der Waals surface area contributed by atoms with Crippen LogP contribution in [0.3, 0.4) is 0 Å². The summed E-state index contributed by atoms with van der Waals surface area (Å²) in [5, 5.41) is 2.20. The van der Waals surface area contributed by atoms with Crippen molar-refractivity contribution in [3.05, 3.63) is 47.5 Å². The van der Waals surface area contributed by atoms with Gasteiger partial charge in [-0.3, -0.25) is 10.1 Å². The summed E-state index contributed by atoms with van der Waals surface area (Å²) < 4.78 is 18.2. The molecule has 1 saturated heterocycles. The minimum absolute atomic E-state index is 0.360. The predicted octanol–water partition coefficient (Wildman–Crippen LogP) is 2.40. The van der Waals surface area contributed by atoms with Crippen molar-refractivity contribution in [2.45, 2.75) is 24.7 Å². The van der Waals surface area contributed by atoms with E-state index in [1.165, 1.54) is 12.1 Å². The molecule has 1 fully saturated rings. The van der Waals surface area contributed by atoms with Gasteiger partial charge in [0.15, 0.2) is 0 Å². The summed E-state index contributed by atoms with van der Waals surface area (Å²) >= 11 is 0. The number of rotatable bonds is 1. The summed E-state index contributed by atoms with van der Waals surface area (Å²) in [6, 6.07) is 5.74. The molecule has 0 bridgehead atoms. The van der Waals surface area contributed by atoms with Crippen molar-refractivity contribution in [1.82, 2.24) is 5.32 Å². The van der Waals surface area contributed by atoms with Crippen molar-refractivity contribution in [2.75, 3.05) is 0 Å². The molecule has 1 heterocycles. The van der Waals surface area contributed by atoms with Crippen LogP contribution in [0.5, 0.6) is 0 Å². The average Bonchev–Trinajstić information content (AvgIpc) is 2.39. The molecule has 1 aromatic rings. The van der Waals surface area contributed by atoms with Crippen LogP contribution >= 0.6 is 0 Å². The predicted molar refractivity (Wildman–Crippen MR) is 64.6 cm³/mol. The number of carbonyl (C=O) groups excluding carboxylic acids is 2. The summed E-state index contributed by atoms with van der Waals surface area (Å²) in [6.45, 7) is 0. The molecule has 1 atom stereocenters. The Morgan fingerprint density at radius 3 is 2.68 bits per heavy atom. The first kappa shape index (κ1) is 11.9. The highest BCUT2D eigenvalue weighted by Gasteiger charge is 2.50. The average molecular weight is 261 g/mol. The number of hydrogen-bond acceptors (Lipinski definition) is 3. The fourth-order valence-electron chi connectivity index (χ4n) is 2.73. The van der Waals surface area contributed by atoms with Gasteiger partial charge in [-0.2, -0.15) is 0 Å². The van der Waals surface area contributed by atoms with Crippen molar-refractivity contribution in [2.24, 2.45) is 0 Å². The number of carbonyl (C=O) groups is 2. The van der Waals surface area contributed by atoms with Crippen LogP contribution in [0, 0.1) is 5.82 Å². The van der Waals surface area contributed by atoms with Crippen LogP contribution in [0.4, 0.5) is 9.18 Å². The molecular formula is C14H12FNO3. The van der Waals surface area contributed by atoms with Gasteiger partial charge in [0.2, 0.25) is 5.91 Å². The van der Waals surface area contributed by atoms with Crippen LogP contribution in [0.25, 0.3) is 0 Å². The first-order valence-electron chi connectivity index (χ1n) is 6.13. The molecule has 0 saturated carbocycles. The summed E-state index contributed by atoms with van der Waals surface area (Å²) in [4.78, 5) is 23.6. The molecule has 2 amide bonds. The number of halogens is 1. The van der Waals surface area contributed by atoms with E-state index < -0.39 is 17.4 Å². The third kappa shape index (κ3) is 1.73. The summed E-state index contributed by atoms with van der Waals surface area (Å²) in [6.07, 6.45) is 3.13. The van der Waals surface area contributed by atoms with E-state index in [2.05, 4.69) is 5.32 Å². The summed E-state index contributed by atoms with van der Waals surface area (Å²) in [5.41, 5.74) is -0.357. The standard InChI is InChI=1S/C14H12FNO3/c15-10-6-4-9(5-7-10)14-8-2-1-3-11(14)19-13(18)16-12(14)17/h3-7H,1-2,8H2,(H,16,17,18). The minimum atomic E-state index is -1.00. The van der Waals surface area contributed by atoms with Gasteiger partial charge in [-0.25, -0.2) is 9.18 Å². The molecule has 19 heavy (non-hydrogen) atoms. The molecule has 1 aromatic carbocycles. The molecule has 1 N–H and O–H groups in total. The largest absolute Gasteiger partial charge is 0.419 e. The van der Waals surface area contributed by atoms with E-state index in [4.69, 9.17) is 4.74 Å². The number of allylic oxidation sites excluding steroid dienone is 1. The Balaban J connectivity index is 2.14. The Bertz CT molecular complexity index is 579. The van der Waals surface area contributed by atoms with Crippen molar-refractivity contribution < 1.29 is 18.7 Å². The highest BCUT2D eigenvalue weighted by molar-refractivity contribution is 6.03. The number of imide groups is 1. The van der Waals surface area contributed by atoms with Gasteiger partial charge in [-0.15, -0.1) is 0 Å². The first-order valence-corrected chi connectivity index (χ1v) is 6.13. The van der Waals surface area contributed by atoms with Crippen molar-refractivity contribution in [3.63, 3.8) is 0 Å². The third-order valence-corrected chi connectivity index (χ3v) is 3.65. The van der Waals surface area contributed by atoms with Gasteiger partial charge in [0, 0.05) is 0 Å². The molecule has 1 aliphatic heterocycles. The van der Waals surface area contributed by atoms with Crippen LogP contribution in [0.1, 0.15) is 24.8 Å². The van der Waals surface area contributed by atoms with Crippen LogP contribution in [-0.4, -0.2) is 12.0 Å². The van der Waals surface area contributed by atoms with Crippen molar-refractivity contribution in [3.8, 4) is 0 Å². The Labute approximate surface area is 109 Å². The zero-order chi connectivity index (χ0) is 13.5. The smallest absolute Gasteiger partial charge is 0.413 e. The van der Waals surface area contributed by atoms with Crippen LogP contribution < -0.4 is 5.32 Å². The molecule has 1 aliphatic carbocycles. The van der Waals surface area contributed by atoms with E-state index in [9.17, 15) is 14.0 Å². The molecule has 2 aliphatic rings. The highest BCUT2D eigenvalue weighted by atomic mass is 19.1. The highest BCUT2D eigenvalue weighted by Crippen LogP contribution is 2.43. The monoisotopic (exact) mass is 261 g/mol. The van der Waals surface area contributed by atoms with Gasteiger partial charge < -0.3 is 4.74 Å². The van der Waals surface area contributed by atoms with E-state index >= 15 is 0 Å². The number of alkyl carbamates (subject to hydrolysis) is 1. The Hall–Kier alpha value is -2.17. The van der Waals surface area contributed by atoms with Crippen LogP contribution in [0.15, 0.2) is 36.1 Å². The van der Waals surface area contributed by atoms with E-state index in [1.54, 1.807) is 18.2 Å². The van der Waals surface area contributed by atoms with E-state index in [0.29, 0.717) is 17.7 Å². The molecule has 0 aromatic heterocycles. The van der Waals surface area contributed by atoms with Gasteiger partial charge in [-0.05, 0) is 43.0 Å². The summed E-state index contributed by atoms with van der Waals surface area (Å²) in [7, 11) is 0. The molecule has 3 rings (SSSR count). The first-order chi connectivity index (χ1) is 9.13. The number of nitrogens with one attached hydrogen (secondary N) is 1. The molecule has 0 radical (unpaired) electrons. The molecule has 0 spiro atoms. The number of benzene rings is 1. The number of hydrogen-bond donors (Lipinski definition) is 1. The Morgan fingerprint density at radius 2 is 1.95 bits per heavy atom. The number of amides is 2. The molecule has 98 valence electrons. The lowest BCUT2D eigenvalue weighted by atomic mass is 9.70. The van der Waals surface area contributed by atoms with E-state index in [1.807, 2.05) is 0 Å². The van der Waals surface area contributed by atoms with Crippen molar-refractivity contribution in [1.29, 1.82) is 0 Å². The van der Waals surface area contributed by atoms with Gasteiger partial charge in [0.05, 0.1) is 0 Å². The van der Waals surface area contributed by atoms with E-state index in [-0.39, 0.29) is 5.82 Å². The van der Waals surface area contributed by atoms with Gasteiger partial charge in [0.25, 0.3) is 0 Å². The molecule has 4 nitrogen and oxygen atoms in total. The third-order valence-electron chi connectivity index (χ3n) is 3.65. The lowest BCUT2D eigenvalue weighted by molar-refractivity contribution is -0.128. The summed E-state index contributed by atoms with van der Waals surface area (Å²) in [5.74, 6) is -0.407. The zero-order valence-corrected chi connectivity index (χ0v) is 10.1. The molecule has 1 unspecified atom stereocenters. The van der Waals surface area contributed by atoms with E-state index in [0.717, 1.165) is 12.8 Å². The molecular weight excluding hydrogens is 249 g/mol. The maximum Gasteiger partial charge on any atom is 0.419 e. The number of ether oxygens (including phenoxy) is 1.